The van der Waals surface area contributed by atoms with Crippen molar-refractivity contribution < 1.29 is 18.3 Å². The number of hydrogen-bond donors (Lipinski definition) is 0. The van der Waals surface area contributed by atoms with E-state index in [1.807, 2.05) is 0 Å². The van der Waals surface area contributed by atoms with E-state index in [-0.39, 0.29) is 6.42 Å². The molecule has 6 heteroatoms. The zero-order valence-corrected chi connectivity index (χ0v) is 8.61. The third-order valence-electron chi connectivity index (χ3n) is 2.83. The zero-order valence-electron chi connectivity index (χ0n) is 8.61. The Kier molecular flexibility index (Phi) is 3.44. The highest BCUT2D eigenvalue weighted by atomic mass is 19.3. The Morgan fingerprint density at radius 3 is 2.81 bits per heavy atom. The summed E-state index contributed by atoms with van der Waals surface area (Å²) in [6.07, 6.45) is -0.525. The number of esters is 1. The summed E-state index contributed by atoms with van der Waals surface area (Å²) in [4.78, 5) is 14.1. The van der Waals surface area contributed by atoms with Gasteiger partial charge in [-0.2, -0.15) is 5.26 Å². The molecule has 0 N–H and O–H groups in total. The third-order valence-corrected chi connectivity index (χ3v) is 2.83. The maximum atomic E-state index is 13.5. The molecule has 0 aromatic rings. The highest BCUT2D eigenvalue weighted by Gasteiger charge is 2.59. The molecule has 0 spiro atoms. The summed E-state index contributed by atoms with van der Waals surface area (Å²) in [5, 5.41) is 8.64. The van der Waals surface area contributed by atoms with Crippen molar-refractivity contribution >= 4 is 5.97 Å². The smallest absolute Gasteiger partial charge is 0.316 e. The first-order valence-corrected chi connectivity index (χ1v) is 4.69. The van der Waals surface area contributed by atoms with E-state index in [2.05, 4.69) is 9.58 Å². The Morgan fingerprint density at radius 1 is 1.75 bits per heavy atom. The summed E-state index contributed by atoms with van der Waals surface area (Å²) in [5.41, 5.74) is 0. The lowest BCUT2D eigenvalue weighted by Gasteiger charge is -2.20. The number of halogens is 2. The highest BCUT2D eigenvalue weighted by molar-refractivity contribution is 5.73. The normalized spacial score (nSPS) is 28.8. The molecule has 1 aliphatic carbocycles. The lowest BCUT2D eigenvalue weighted by Crippen LogP contribution is -2.37. The van der Waals surface area contributed by atoms with E-state index in [4.69, 9.17) is 11.8 Å². The molecule has 0 aromatic carbocycles. The van der Waals surface area contributed by atoms with E-state index < -0.39 is 36.2 Å². The lowest BCUT2D eigenvalue weighted by molar-refractivity contribution is -0.149. The van der Waals surface area contributed by atoms with Crippen LogP contribution < -0.4 is 0 Å². The number of nitriles is 1. The van der Waals surface area contributed by atoms with Gasteiger partial charge in [-0.1, -0.05) is 0 Å². The van der Waals surface area contributed by atoms with E-state index in [9.17, 15) is 13.6 Å². The van der Waals surface area contributed by atoms with Crippen LogP contribution in [0.1, 0.15) is 12.8 Å². The zero-order chi connectivity index (χ0) is 12.3. The molecule has 0 radical (unpaired) electrons. The van der Waals surface area contributed by atoms with Gasteiger partial charge < -0.3 is 4.74 Å². The van der Waals surface area contributed by atoms with Crippen LogP contribution in [0, 0.1) is 29.7 Å². The van der Waals surface area contributed by atoms with E-state index in [1.54, 1.807) is 0 Å². The van der Waals surface area contributed by atoms with Crippen LogP contribution in [0.15, 0.2) is 0 Å². The van der Waals surface area contributed by atoms with Crippen LogP contribution in [0.4, 0.5) is 8.78 Å². The average molecular weight is 228 g/mol. The summed E-state index contributed by atoms with van der Waals surface area (Å²) in [6, 6.07) is 0.0178. The Bertz CT molecular complexity index is 356. The molecule has 1 aliphatic rings. The molecule has 0 amide bonds. The van der Waals surface area contributed by atoms with Gasteiger partial charge in [0.25, 0.3) is 5.92 Å². The van der Waals surface area contributed by atoms with Gasteiger partial charge in [0, 0.05) is 6.42 Å². The minimum atomic E-state index is -3.15. The number of methoxy groups -OCH3 is 1. The largest absolute Gasteiger partial charge is 0.469 e. The molecule has 0 aromatic heterocycles. The number of hydrogen-bond acceptors (Lipinski definition) is 3. The Hall–Kier alpha value is -1.69. The first-order valence-electron chi connectivity index (χ1n) is 4.69. The van der Waals surface area contributed by atoms with Crippen molar-refractivity contribution in [3.05, 3.63) is 11.4 Å². The van der Waals surface area contributed by atoms with E-state index >= 15 is 0 Å². The molecule has 4 nitrogen and oxygen atoms in total. The van der Waals surface area contributed by atoms with Crippen LogP contribution in [0.2, 0.25) is 0 Å². The minimum absolute atomic E-state index is 0.0436. The fourth-order valence-electron chi connectivity index (χ4n) is 2.04. The summed E-state index contributed by atoms with van der Waals surface area (Å²) in [7, 11) is 1.11. The number of carbonyl (C=O) groups excluding carboxylic acids is 1. The fourth-order valence-corrected chi connectivity index (χ4v) is 2.04. The van der Waals surface area contributed by atoms with Gasteiger partial charge in [0.2, 0.25) is 0 Å². The molecule has 86 valence electrons. The SMILES string of the molecule is [C-]#[N+]C(C#N)C1C(C(=O)OC)CCC1(F)F. The lowest BCUT2D eigenvalue weighted by atomic mass is 9.88. The number of carbonyl (C=O) groups is 1. The van der Waals surface area contributed by atoms with Crippen molar-refractivity contribution in [2.75, 3.05) is 7.11 Å². The first-order chi connectivity index (χ1) is 7.47. The van der Waals surface area contributed by atoms with E-state index in [0.29, 0.717) is 0 Å². The summed E-state index contributed by atoms with van der Waals surface area (Å²) >= 11 is 0. The van der Waals surface area contributed by atoms with Crippen LogP contribution in [0.3, 0.4) is 0 Å². The van der Waals surface area contributed by atoms with Gasteiger partial charge in [-0.3, -0.25) is 9.64 Å². The van der Waals surface area contributed by atoms with Crippen LogP contribution in [-0.2, 0) is 9.53 Å². The molecular formula is C10H10F2N2O2. The van der Waals surface area contributed by atoms with Gasteiger partial charge in [-0.25, -0.2) is 15.4 Å². The second-order valence-corrected chi connectivity index (χ2v) is 3.66. The van der Waals surface area contributed by atoms with Crippen molar-refractivity contribution in [2.45, 2.75) is 24.8 Å². The summed E-state index contributed by atoms with van der Waals surface area (Å²) in [5.74, 6) is -6.53. The van der Waals surface area contributed by atoms with Crippen molar-refractivity contribution in [1.82, 2.24) is 0 Å². The standard InChI is InChI=1S/C10H10F2N2O2/c1-14-7(5-13)8-6(9(15)16-2)3-4-10(8,11)12/h6-8H,3-4H2,2H3. The Balaban J connectivity index is 3.02. The molecule has 0 aliphatic heterocycles. The van der Waals surface area contributed by atoms with Crippen molar-refractivity contribution in [3.63, 3.8) is 0 Å². The van der Waals surface area contributed by atoms with E-state index in [0.717, 1.165) is 7.11 Å². The summed E-state index contributed by atoms with van der Waals surface area (Å²) in [6.45, 7) is 6.71. The van der Waals surface area contributed by atoms with Crippen molar-refractivity contribution in [2.24, 2.45) is 11.8 Å². The summed E-state index contributed by atoms with van der Waals surface area (Å²) < 4.78 is 31.4. The van der Waals surface area contributed by atoms with Gasteiger partial charge >= 0.3 is 12.0 Å². The van der Waals surface area contributed by atoms with Gasteiger partial charge in [0.1, 0.15) is 5.92 Å². The molecule has 3 atom stereocenters. The second-order valence-electron chi connectivity index (χ2n) is 3.66. The molecule has 0 bridgehead atoms. The number of alkyl halides is 2. The topological polar surface area (TPSA) is 54.5 Å². The van der Waals surface area contributed by atoms with Gasteiger partial charge in [0.05, 0.1) is 13.0 Å². The monoisotopic (exact) mass is 228 g/mol. The predicted molar refractivity (Wildman–Crippen MR) is 49.2 cm³/mol. The molecule has 1 rings (SSSR count). The average Bonchev–Trinajstić information content (AvgIpc) is 2.56. The number of rotatable bonds is 2. The van der Waals surface area contributed by atoms with Crippen LogP contribution in [0.5, 0.6) is 0 Å². The van der Waals surface area contributed by atoms with E-state index in [1.165, 1.54) is 6.07 Å². The Morgan fingerprint density at radius 2 is 2.38 bits per heavy atom. The molecule has 1 saturated carbocycles. The molecule has 16 heavy (non-hydrogen) atoms. The third kappa shape index (κ3) is 1.96. The van der Waals surface area contributed by atoms with Crippen LogP contribution >= 0.6 is 0 Å². The van der Waals surface area contributed by atoms with Gasteiger partial charge in [-0.05, 0) is 6.42 Å². The Labute approximate surface area is 91.6 Å². The fraction of sp³-hybridized carbons (Fsp3) is 0.700. The maximum absolute atomic E-state index is 13.5. The molecule has 0 heterocycles. The second kappa shape index (κ2) is 4.44. The molecular weight excluding hydrogens is 218 g/mol. The van der Waals surface area contributed by atoms with Crippen molar-refractivity contribution in [1.29, 1.82) is 5.26 Å². The maximum Gasteiger partial charge on any atom is 0.316 e. The van der Waals surface area contributed by atoms with Crippen LogP contribution in [0.25, 0.3) is 4.85 Å². The molecule has 1 fully saturated rings. The predicted octanol–water partition coefficient (Wildman–Crippen LogP) is 1.63. The molecule has 0 saturated heterocycles. The van der Waals surface area contributed by atoms with Crippen molar-refractivity contribution in [3.8, 4) is 6.07 Å². The van der Waals surface area contributed by atoms with Gasteiger partial charge in [0.15, 0.2) is 6.07 Å². The number of nitrogens with zero attached hydrogens (tertiary/aromatic N) is 2. The van der Waals surface area contributed by atoms with Gasteiger partial charge in [-0.15, -0.1) is 0 Å². The highest BCUT2D eigenvalue weighted by Crippen LogP contribution is 2.47. The number of ether oxygens (including phenoxy) is 1. The van der Waals surface area contributed by atoms with Crippen LogP contribution in [-0.4, -0.2) is 25.0 Å². The minimum Gasteiger partial charge on any atom is -0.469 e. The first kappa shape index (κ1) is 12.4. The quantitative estimate of drug-likeness (QED) is 0.533. The molecule has 3 unspecified atom stereocenters.